The van der Waals surface area contributed by atoms with Gasteiger partial charge in [-0.05, 0) is 24.8 Å². The molecule has 116 valence electrons. The van der Waals surface area contributed by atoms with Crippen LogP contribution in [0, 0.1) is 0 Å². The van der Waals surface area contributed by atoms with Crippen LogP contribution in [0.15, 0.2) is 30.3 Å². The second kappa shape index (κ2) is 7.50. The predicted octanol–water partition coefficient (Wildman–Crippen LogP) is 2.89. The number of benzene rings is 1. The molecule has 1 aromatic carbocycles. The number of hydrogen-bond donors (Lipinski definition) is 0. The van der Waals surface area contributed by atoms with Crippen molar-refractivity contribution in [3.05, 3.63) is 35.9 Å². The Morgan fingerprint density at radius 1 is 1.19 bits per heavy atom. The molecule has 3 rings (SSSR count). The average molecular weight is 297 g/mol. The molecule has 1 aromatic rings. The minimum Gasteiger partial charge on any atom is -0.369 e. The highest BCUT2D eigenvalue weighted by molar-refractivity contribution is 5.76. The number of alkyl halides is 2. The summed E-state index contributed by atoms with van der Waals surface area (Å²) in [7, 11) is 0. The molecule has 0 N–H and O–H groups in total. The molecule has 0 bridgehead atoms. The third-order valence-corrected chi connectivity index (χ3v) is 4.05. The van der Waals surface area contributed by atoms with Gasteiger partial charge < -0.3 is 9.64 Å². The molecule has 0 aliphatic carbocycles. The van der Waals surface area contributed by atoms with Gasteiger partial charge in [-0.25, -0.2) is 8.78 Å². The normalized spacial score (nSPS) is 18.9. The summed E-state index contributed by atoms with van der Waals surface area (Å²) >= 11 is 0. The van der Waals surface area contributed by atoms with Crippen LogP contribution >= 0.6 is 0 Å². The lowest BCUT2D eigenvalue weighted by atomic mass is 9.97. The van der Waals surface area contributed by atoms with E-state index in [1.54, 1.807) is 0 Å². The molecule has 2 aliphatic heterocycles. The highest BCUT2D eigenvalue weighted by Crippen LogP contribution is 2.37. The van der Waals surface area contributed by atoms with Crippen LogP contribution in [-0.4, -0.2) is 43.0 Å². The number of halogens is 2. The van der Waals surface area contributed by atoms with Crippen molar-refractivity contribution in [3.8, 4) is 0 Å². The van der Waals surface area contributed by atoms with E-state index in [1.807, 2.05) is 23.1 Å². The van der Waals surface area contributed by atoms with Gasteiger partial charge in [-0.1, -0.05) is 30.3 Å². The van der Waals surface area contributed by atoms with Crippen molar-refractivity contribution in [1.82, 2.24) is 4.90 Å². The number of rotatable bonds is 3. The van der Waals surface area contributed by atoms with Gasteiger partial charge in [0.25, 0.3) is 0 Å². The summed E-state index contributed by atoms with van der Waals surface area (Å²) in [6, 6.07) is 10.2. The summed E-state index contributed by atoms with van der Waals surface area (Å²) in [5, 5.41) is 0. The van der Waals surface area contributed by atoms with Gasteiger partial charge in [0.05, 0.1) is 12.2 Å². The smallest absolute Gasteiger partial charge is 0.229 e. The van der Waals surface area contributed by atoms with E-state index in [2.05, 4.69) is 12.1 Å². The summed E-state index contributed by atoms with van der Waals surface area (Å²) in [6.45, 7) is 0.889. The summed E-state index contributed by atoms with van der Waals surface area (Å²) in [6.07, 6.45) is 3.50. The van der Waals surface area contributed by atoms with Crippen LogP contribution in [0.2, 0.25) is 0 Å². The van der Waals surface area contributed by atoms with Crippen molar-refractivity contribution < 1.29 is 18.3 Å². The molecule has 2 heterocycles. The van der Waals surface area contributed by atoms with E-state index in [0.717, 1.165) is 39.0 Å². The fraction of sp³-hybridized carbons (Fsp3) is 0.562. The van der Waals surface area contributed by atoms with Crippen molar-refractivity contribution in [2.24, 2.45) is 0 Å². The number of carbonyl (C=O) groups excluding carboxylic acids is 1. The minimum absolute atomic E-state index is 0.163. The second-order valence-corrected chi connectivity index (χ2v) is 5.44. The number of piperidine rings is 1. The lowest BCUT2D eigenvalue weighted by Crippen LogP contribution is -2.41. The van der Waals surface area contributed by atoms with Gasteiger partial charge in [0.2, 0.25) is 12.8 Å². The molecular formula is C16H21F2NO2. The van der Waals surface area contributed by atoms with Crippen molar-refractivity contribution in [1.29, 1.82) is 0 Å². The summed E-state index contributed by atoms with van der Waals surface area (Å²) in [5.41, 5.74) is 1.40. The monoisotopic (exact) mass is 297 g/mol. The fourth-order valence-electron chi connectivity index (χ4n) is 2.61. The van der Waals surface area contributed by atoms with E-state index in [9.17, 15) is 13.6 Å². The lowest BCUT2D eigenvalue weighted by Gasteiger charge is -2.30. The van der Waals surface area contributed by atoms with Gasteiger partial charge in [0, 0.05) is 19.5 Å². The molecule has 21 heavy (non-hydrogen) atoms. The first-order valence-corrected chi connectivity index (χ1v) is 7.27. The first kappa shape index (κ1) is 15.9. The lowest BCUT2D eigenvalue weighted by molar-refractivity contribution is -0.132. The SMILES string of the molecule is FCF.O=C(CCc1ccccc1)N1CCC2(CC1)CO2. The van der Waals surface area contributed by atoms with Crippen molar-refractivity contribution in [2.75, 3.05) is 26.6 Å². The highest BCUT2D eigenvalue weighted by atomic mass is 19.3. The Bertz CT molecular complexity index is 439. The second-order valence-electron chi connectivity index (χ2n) is 5.44. The standard InChI is InChI=1S/C15H19NO2.CH2F2/c17-14(7-6-13-4-2-1-3-5-13)16-10-8-15(9-11-16)12-18-15;2-1-3/h1-5H,6-12H2;1H2. The third-order valence-electron chi connectivity index (χ3n) is 4.05. The van der Waals surface area contributed by atoms with Crippen molar-refractivity contribution in [2.45, 2.75) is 31.3 Å². The van der Waals surface area contributed by atoms with E-state index in [1.165, 1.54) is 5.56 Å². The maximum Gasteiger partial charge on any atom is 0.229 e. The van der Waals surface area contributed by atoms with Gasteiger partial charge in [-0.15, -0.1) is 0 Å². The van der Waals surface area contributed by atoms with Crippen LogP contribution in [0.25, 0.3) is 0 Å². The fourth-order valence-corrected chi connectivity index (χ4v) is 2.61. The molecule has 1 spiro atoms. The minimum atomic E-state index is -1.75. The Kier molecular flexibility index (Phi) is 5.67. The number of amides is 1. The van der Waals surface area contributed by atoms with Crippen LogP contribution in [0.1, 0.15) is 24.8 Å². The molecule has 2 aliphatic rings. The summed E-state index contributed by atoms with van der Waals surface area (Å²) in [5.74, 6) is 0.286. The molecule has 0 radical (unpaired) electrons. The third kappa shape index (κ3) is 4.77. The van der Waals surface area contributed by atoms with Crippen molar-refractivity contribution >= 4 is 5.91 Å². The number of epoxide rings is 1. The van der Waals surface area contributed by atoms with E-state index in [0.29, 0.717) is 6.42 Å². The van der Waals surface area contributed by atoms with Gasteiger partial charge in [-0.3, -0.25) is 4.79 Å². The van der Waals surface area contributed by atoms with Crippen LogP contribution in [-0.2, 0) is 16.0 Å². The molecule has 0 aromatic heterocycles. The quantitative estimate of drug-likeness (QED) is 0.804. The zero-order chi connectivity index (χ0) is 15.1. The highest BCUT2D eigenvalue weighted by Gasteiger charge is 2.47. The van der Waals surface area contributed by atoms with Gasteiger partial charge in [0.1, 0.15) is 0 Å². The average Bonchev–Trinajstić information content (AvgIpc) is 3.27. The van der Waals surface area contributed by atoms with Crippen LogP contribution < -0.4 is 0 Å². The van der Waals surface area contributed by atoms with Crippen LogP contribution in [0.3, 0.4) is 0 Å². The number of ether oxygens (including phenoxy) is 1. The molecule has 2 saturated heterocycles. The molecule has 0 atom stereocenters. The number of hydrogen-bond acceptors (Lipinski definition) is 2. The first-order chi connectivity index (χ1) is 10.2. The van der Waals surface area contributed by atoms with E-state index in [-0.39, 0.29) is 11.5 Å². The van der Waals surface area contributed by atoms with Crippen LogP contribution in [0.5, 0.6) is 0 Å². The van der Waals surface area contributed by atoms with E-state index >= 15 is 0 Å². The zero-order valence-corrected chi connectivity index (χ0v) is 12.1. The number of carbonyl (C=O) groups is 1. The van der Waals surface area contributed by atoms with Crippen molar-refractivity contribution in [3.63, 3.8) is 0 Å². The van der Waals surface area contributed by atoms with E-state index < -0.39 is 6.93 Å². The number of likely N-dealkylation sites (tertiary alicyclic amines) is 1. The molecule has 5 heteroatoms. The number of aryl methyl sites for hydroxylation is 1. The Morgan fingerprint density at radius 3 is 2.29 bits per heavy atom. The Labute approximate surface area is 123 Å². The van der Waals surface area contributed by atoms with Gasteiger partial charge >= 0.3 is 0 Å². The number of nitrogens with zero attached hydrogens (tertiary/aromatic N) is 1. The Hall–Kier alpha value is -1.49. The predicted molar refractivity (Wildman–Crippen MR) is 76.3 cm³/mol. The summed E-state index contributed by atoms with van der Waals surface area (Å²) < 4.78 is 24.7. The van der Waals surface area contributed by atoms with Gasteiger partial charge in [0.15, 0.2) is 0 Å². The van der Waals surface area contributed by atoms with Crippen LogP contribution in [0.4, 0.5) is 8.78 Å². The maximum absolute atomic E-state index is 12.1. The Morgan fingerprint density at radius 2 is 1.76 bits per heavy atom. The first-order valence-electron chi connectivity index (χ1n) is 7.27. The molecule has 3 nitrogen and oxygen atoms in total. The maximum atomic E-state index is 12.1. The Balaban J connectivity index is 0.000000497. The summed E-state index contributed by atoms with van der Waals surface area (Å²) in [4.78, 5) is 14.1. The molecular weight excluding hydrogens is 276 g/mol. The molecule has 1 amide bonds. The topological polar surface area (TPSA) is 32.8 Å². The van der Waals surface area contributed by atoms with Gasteiger partial charge in [-0.2, -0.15) is 0 Å². The molecule has 0 saturated carbocycles. The largest absolute Gasteiger partial charge is 0.369 e. The van der Waals surface area contributed by atoms with E-state index in [4.69, 9.17) is 4.74 Å². The molecule has 2 fully saturated rings. The molecule has 0 unspecified atom stereocenters. The zero-order valence-electron chi connectivity index (χ0n) is 12.1.